The number of esters is 1. The summed E-state index contributed by atoms with van der Waals surface area (Å²) in [5.41, 5.74) is 0.938. The molecule has 128 valence electrons. The molecule has 0 aliphatic carbocycles. The van der Waals surface area contributed by atoms with Gasteiger partial charge in [-0.25, -0.2) is 0 Å². The highest BCUT2D eigenvalue weighted by Crippen LogP contribution is 2.09. The number of unbranched alkanes of at least 4 members (excludes halogenated alkanes) is 7. The summed E-state index contributed by atoms with van der Waals surface area (Å²) in [5, 5.41) is 0. The molecule has 0 bridgehead atoms. The van der Waals surface area contributed by atoms with Crippen molar-refractivity contribution in [2.45, 2.75) is 77.7 Å². The molecule has 0 aliphatic rings. The number of aromatic nitrogens is 1. The Kier molecular flexibility index (Phi) is 11.8. The lowest BCUT2D eigenvalue weighted by Gasteiger charge is -2.04. The van der Waals surface area contributed by atoms with Gasteiger partial charge < -0.3 is 4.74 Å². The second kappa shape index (κ2) is 14.0. The Labute approximate surface area is 141 Å². The maximum atomic E-state index is 11.6. The van der Waals surface area contributed by atoms with Gasteiger partial charge in [0, 0.05) is 24.4 Å². The normalized spacial score (nSPS) is 11.0. The van der Waals surface area contributed by atoms with E-state index in [1.165, 1.54) is 44.9 Å². The Morgan fingerprint density at radius 3 is 2.57 bits per heavy atom. The Hall–Kier alpha value is -1.64. The third kappa shape index (κ3) is 11.6. The van der Waals surface area contributed by atoms with Gasteiger partial charge in [0.1, 0.15) is 6.61 Å². The number of hydrogen-bond acceptors (Lipinski definition) is 3. The first-order chi connectivity index (χ1) is 11.3. The molecule has 0 amide bonds. The molecule has 0 atom stereocenters. The van der Waals surface area contributed by atoms with Crippen LogP contribution >= 0.6 is 0 Å². The maximum Gasteiger partial charge on any atom is 0.306 e. The van der Waals surface area contributed by atoms with E-state index in [-0.39, 0.29) is 5.97 Å². The largest absolute Gasteiger partial charge is 0.461 e. The number of ether oxygens (including phenoxy) is 1. The summed E-state index contributed by atoms with van der Waals surface area (Å²) in [5.74, 6) is -0.104. The molecular weight excluding hydrogens is 286 g/mol. The number of carbonyl (C=O) groups excluding carboxylic acids is 1. The number of hydrogen-bond donors (Lipinski definition) is 0. The number of allylic oxidation sites excluding steroid dienone is 2. The van der Waals surface area contributed by atoms with Crippen LogP contribution in [0.3, 0.4) is 0 Å². The summed E-state index contributed by atoms with van der Waals surface area (Å²) >= 11 is 0. The zero-order valence-electron chi connectivity index (χ0n) is 14.5. The molecule has 0 saturated heterocycles. The van der Waals surface area contributed by atoms with Gasteiger partial charge in [-0.3, -0.25) is 9.78 Å². The SMILES string of the molecule is CCCC/C=C\CCCCCCCC(=O)OCc1cccnc1. The molecule has 0 N–H and O–H groups in total. The molecule has 3 heteroatoms. The number of pyridine rings is 1. The second-order valence-corrected chi connectivity index (χ2v) is 5.94. The van der Waals surface area contributed by atoms with Gasteiger partial charge >= 0.3 is 5.97 Å². The minimum atomic E-state index is -0.104. The predicted octanol–water partition coefficient (Wildman–Crippen LogP) is 5.60. The van der Waals surface area contributed by atoms with Crippen LogP contribution < -0.4 is 0 Å². The molecule has 0 unspecified atom stereocenters. The van der Waals surface area contributed by atoms with Gasteiger partial charge in [-0.2, -0.15) is 0 Å². The van der Waals surface area contributed by atoms with Crippen molar-refractivity contribution in [3.8, 4) is 0 Å². The minimum absolute atomic E-state index is 0.104. The van der Waals surface area contributed by atoms with Crippen molar-refractivity contribution in [3.05, 3.63) is 42.2 Å². The monoisotopic (exact) mass is 317 g/mol. The lowest BCUT2D eigenvalue weighted by Crippen LogP contribution is -2.04. The van der Waals surface area contributed by atoms with Gasteiger partial charge in [0.2, 0.25) is 0 Å². The molecule has 1 aromatic rings. The third-order valence-electron chi connectivity index (χ3n) is 3.77. The Morgan fingerprint density at radius 2 is 1.83 bits per heavy atom. The van der Waals surface area contributed by atoms with Crippen LogP contribution in [-0.2, 0) is 16.1 Å². The molecule has 0 aromatic carbocycles. The van der Waals surface area contributed by atoms with E-state index in [1.54, 1.807) is 12.4 Å². The summed E-state index contributed by atoms with van der Waals surface area (Å²) in [6, 6.07) is 3.76. The summed E-state index contributed by atoms with van der Waals surface area (Å²) in [7, 11) is 0. The van der Waals surface area contributed by atoms with Crippen molar-refractivity contribution >= 4 is 5.97 Å². The van der Waals surface area contributed by atoms with Crippen molar-refractivity contribution in [2.75, 3.05) is 0 Å². The zero-order valence-corrected chi connectivity index (χ0v) is 14.5. The van der Waals surface area contributed by atoms with E-state index in [2.05, 4.69) is 24.1 Å². The fourth-order valence-electron chi connectivity index (χ4n) is 2.34. The highest BCUT2D eigenvalue weighted by atomic mass is 16.5. The Bertz CT molecular complexity index is 429. The molecule has 3 nitrogen and oxygen atoms in total. The molecule has 0 fully saturated rings. The van der Waals surface area contributed by atoms with Crippen LogP contribution in [0.15, 0.2) is 36.7 Å². The smallest absolute Gasteiger partial charge is 0.306 e. The quantitative estimate of drug-likeness (QED) is 0.270. The van der Waals surface area contributed by atoms with Crippen LogP contribution in [0.25, 0.3) is 0 Å². The lowest BCUT2D eigenvalue weighted by molar-refractivity contribution is -0.145. The van der Waals surface area contributed by atoms with E-state index >= 15 is 0 Å². The van der Waals surface area contributed by atoms with E-state index < -0.39 is 0 Å². The van der Waals surface area contributed by atoms with E-state index in [9.17, 15) is 4.79 Å². The van der Waals surface area contributed by atoms with Gasteiger partial charge in [0.25, 0.3) is 0 Å². The topological polar surface area (TPSA) is 39.2 Å². The highest BCUT2D eigenvalue weighted by molar-refractivity contribution is 5.69. The molecule has 1 rings (SSSR count). The average Bonchev–Trinajstić information content (AvgIpc) is 2.59. The molecule has 0 saturated carbocycles. The first kappa shape index (κ1) is 19.4. The van der Waals surface area contributed by atoms with E-state index in [0.29, 0.717) is 13.0 Å². The van der Waals surface area contributed by atoms with Crippen LogP contribution in [0.5, 0.6) is 0 Å². The van der Waals surface area contributed by atoms with Crippen molar-refractivity contribution in [1.82, 2.24) is 4.98 Å². The average molecular weight is 317 g/mol. The summed E-state index contributed by atoms with van der Waals surface area (Å²) in [6.45, 7) is 2.56. The molecule has 0 aliphatic heterocycles. The molecule has 23 heavy (non-hydrogen) atoms. The number of rotatable bonds is 13. The van der Waals surface area contributed by atoms with Crippen molar-refractivity contribution in [3.63, 3.8) is 0 Å². The van der Waals surface area contributed by atoms with E-state index in [4.69, 9.17) is 4.74 Å². The fraction of sp³-hybridized carbons (Fsp3) is 0.600. The van der Waals surface area contributed by atoms with Gasteiger partial charge in [-0.05, 0) is 31.7 Å². The summed E-state index contributed by atoms with van der Waals surface area (Å²) in [6.07, 6.45) is 19.3. The Balaban J connectivity index is 1.88. The van der Waals surface area contributed by atoms with Crippen molar-refractivity contribution in [1.29, 1.82) is 0 Å². The first-order valence-electron chi connectivity index (χ1n) is 9.02. The molecule has 1 heterocycles. The third-order valence-corrected chi connectivity index (χ3v) is 3.77. The Morgan fingerprint density at radius 1 is 1.09 bits per heavy atom. The second-order valence-electron chi connectivity index (χ2n) is 5.94. The molecule has 0 spiro atoms. The van der Waals surface area contributed by atoms with Gasteiger partial charge in [0.05, 0.1) is 0 Å². The fourth-order valence-corrected chi connectivity index (χ4v) is 2.34. The van der Waals surface area contributed by atoms with Crippen LogP contribution in [0, 0.1) is 0 Å². The summed E-state index contributed by atoms with van der Waals surface area (Å²) in [4.78, 5) is 15.6. The van der Waals surface area contributed by atoms with Crippen molar-refractivity contribution in [2.24, 2.45) is 0 Å². The lowest BCUT2D eigenvalue weighted by atomic mass is 10.1. The molecule has 0 radical (unpaired) electrons. The van der Waals surface area contributed by atoms with Crippen LogP contribution in [0.2, 0.25) is 0 Å². The standard InChI is InChI=1S/C20H31NO2/c1-2-3-4-5-6-7-8-9-10-11-12-15-20(22)23-18-19-14-13-16-21-17-19/h5-6,13-14,16-17H,2-4,7-12,15,18H2,1H3/b6-5-. The first-order valence-corrected chi connectivity index (χ1v) is 9.02. The maximum absolute atomic E-state index is 11.6. The van der Waals surface area contributed by atoms with E-state index in [0.717, 1.165) is 18.4 Å². The van der Waals surface area contributed by atoms with Gasteiger partial charge in [0.15, 0.2) is 0 Å². The highest BCUT2D eigenvalue weighted by Gasteiger charge is 2.03. The van der Waals surface area contributed by atoms with Crippen LogP contribution in [0.1, 0.15) is 76.7 Å². The van der Waals surface area contributed by atoms with Crippen LogP contribution in [0.4, 0.5) is 0 Å². The molecule has 1 aromatic heterocycles. The van der Waals surface area contributed by atoms with Crippen LogP contribution in [-0.4, -0.2) is 11.0 Å². The molecular formula is C20H31NO2. The van der Waals surface area contributed by atoms with Crippen molar-refractivity contribution < 1.29 is 9.53 Å². The number of nitrogens with zero attached hydrogens (tertiary/aromatic N) is 1. The van der Waals surface area contributed by atoms with Gasteiger partial charge in [-0.1, -0.05) is 57.2 Å². The van der Waals surface area contributed by atoms with E-state index in [1.807, 2.05) is 12.1 Å². The predicted molar refractivity (Wildman–Crippen MR) is 95.0 cm³/mol. The zero-order chi connectivity index (χ0) is 16.6. The minimum Gasteiger partial charge on any atom is -0.461 e. The van der Waals surface area contributed by atoms with Gasteiger partial charge in [-0.15, -0.1) is 0 Å². The summed E-state index contributed by atoms with van der Waals surface area (Å²) < 4.78 is 5.23. The number of carbonyl (C=O) groups is 1.